The SMILES string of the molecule is c1ccc(C(c2ccccc2)N2CCN(c3nccs3)CC2)cc1. The molecule has 0 saturated carbocycles. The molecule has 3 nitrogen and oxygen atoms in total. The minimum Gasteiger partial charge on any atom is -0.346 e. The smallest absolute Gasteiger partial charge is 0.185 e. The Bertz CT molecular complexity index is 696. The molecule has 122 valence electrons. The molecule has 1 aromatic heterocycles. The number of rotatable bonds is 4. The van der Waals surface area contributed by atoms with Crippen LogP contribution in [-0.2, 0) is 0 Å². The van der Waals surface area contributed by atoms with Crippen molar-refractivity contribution < 1.29 is 0 Å². The van der Waals surface area contributed by atoms with E-state index in [9.17, 15) is 0 Å². The van der Waals surface area contributed by atoms with Crippen LogP contribution in [0.4, 0.5) is 5.13 Å². The Morgan fingerprint density at radius 3 is 1.88 bits per heavy atom. The van der Waals surface area contributed by atoms with Crippen molar-refractivity contribution in [1.29, 1.82) is 0 Å². The van der Waals surface area contributed by atoms with E-state index in [4.69, 9.17) is 0 Å². The predicted molar refractivity (Wildman–Crippen MR) is 101 cm³/mol. The maximum Gasteiger partial charge on any atom is 0.185 e. The van der Waals surface area contributed by atoms with Crippen LogP contribution >= 0.6 is 11.3 Å². The highest BCUT2D eigenvalue weighted by Gasteiger charge is 2.26. The maximum atomic E-state index is 4.45. The molecule has 24 heavy (non-hydrogen) atoms. The number of benzene rings is 2. The molecule has 0 unspecified atom stereocenters. The van der Waals surface area contributed by atoms with Crippen LogP contribution in [0.25, 0.3) is 0 Å². The van der Waals surface area contributed by atoms with Gasteiger partial charge in [0.15, 0.2) is 5.13 Å². The first-order valence-electron chi connectivity index (χ1n) is 8.40. The lowest BCUT2D eigenvalue weighted by Gasteiger charge is -2.39. The Morgan fingerprint density at radius 2 is 1.38 bits per heavy atom. The summed E-state index contributed by atoms with van der Waals surface area (Å²) in [4.78, 5) is 9.44. The van der Waals surface area contributed by atoms with Gasteiger partial charge in [-0.2, -0.15) is 0 Å². The van der Waals surface area contributed by atoms with Gasteiger partial charge in [0.05, 0.1) is 6.04 Å². The average Bonchev–Trinajstić information content (AvgIpc) is 3.19. The van der Waals surface area contributed by atoms with Gasteiger partial charge in [-0.05, 0) is 11.1 Å². The first-order valence-corrected chi connectivity index (χ1v) is 9.28. The van der Waals surface area contributed by atoms with Crippen molar-refractivity contribution >= 4 is 16.5 Å². The van der Waals surface area contributed by atoms with Crippen molar-refractivity contribution in [3.63, 3.8) is 0 Å². The number of nitrogens with zero attached hydrogens (tertiary/aromatic N) is 3. The van der Waals surface area contributed by atoms with Crippen LogP contribution in [0.2, 0.25) is 0 Å². The highest BCUT2D eigenvalue weighted by molar-refractivity contribution is 7.13. The number of aromatic nitrogens is 1. The van der Waals surface area contributed by atoms with Crippen molar-refractivity contribution in [2.24, 2.45) is 0 Å². The molecule has 0 spiro atoms. The average molecular weight is 335 g/mol. The number of anilines is 1. The lowest BCUT2D eigenvalue weighted by atomic mass is 9.96. The second-order valence-corrected chi connectivity index (χ2v) is 6.93. The van der Waals surface area contributed by atoms with E-state index < -0.39 is 0 Å². The quantitative estimate of drug-likeness (QED) is 0.717. The van der Waals surface area contributed by atoms with Gasteiger partial charge >= 0.3 is 0 Å². The van der Waals surface area contributed by atoms with E-state index in [0.717, 1.165) is 31.3 Å². The van der Waals surface area contributed by atoms with Crippen molar-refractivity contribution in [2.45, 2.75) is 6.04 Å². The van der Waals surface area contributed by atoms with Gasteiger partial charge in [0.2, 0.25) is 0 Å². The number of piperazine rings is 1. The molecule has 2 aromatic carbocycles. The Kier molecular flexibility index (Phi) is 4.58. The van der Waals surface area contributed by atoms with Gasteiger partial charge in [-0.1, -0.05) is 60.7 Å². The van der Waals surface area contributed by atoms with E-state index in [-0.39, 0.29) is 0 Å². The van der Waals surface area contributed by atoms with Crippen LogP contribution < -0.4 is 4.90 Å². The Balaban J connectivity index is 1.57. The summed E-state index contributed by atoms with van der Waals surface area (Å²) in [6, 6.07) is 22.0. The fraction of sp³-hybridized carbons (Fsp3) is 0.250. The van der Waals surface area contributed by atoms with E-state index in [1.54, 1.807) is 11.3 Å². The molecule has 0 radical (unpaired) electrons. The summed E-state index contributed by atoms with van der Waals surface area (Å²) in [5.74, 6) is 0. The van der Waals surface area contributed by atoms with Crippen LogP contribution in [0.3, 0.4) is 0 Å². The van der Waals surface area contributed by atoms with E-state index in [2.05, 4.69) is 80.8 Å². The minimum absolute atomic E-state index is 0.325. The Labute approximate surface area is 147 Å². The summed E-state index contributed by atoms with van der Waals surface area (Å²) >= 11 is 1.73. The molecule has 3 aromatic rings. The largest absolute Gasteiger partial charge is 0.346 e. The van der Waals surface area contributed by atoms with E-state index in [1.165, 1.54) is 11.1 Å². The first kappa shape index (κ1) is 15.4. The third-order valence-electron chi connectivity index (χ3n) is 4.60. The molecule has 2 heterocycles. The lowest BCUT2D eigenvalue weighted by molar-refractivity contribution is 0.212. The van der Waals surface area contributed by atoms with Gasteiger partial charge in [-0.25, -0.2) is 4.98 Å². The topological polar surface area (TPSA) is 19.4 Å². The van der Waals surface area contributed by atoms with Crippen LogP contribution in [0.5, 0.6) is 0 Å². The summed E-state index contributed by atoms with van der Waals surface area (Å²) in [5.41, 5.74) is 2.73. The molecular formula is C20H21N3S. The summed E-state index contributed by atoms with van der Waals surface area (Å²) < 4.78 is 0. The molecule has 0 N–H and O–H groups in total. The molecule has 0 aliphatic carbocycles. The van der Waals surface area contributed by atoms with Gasteiger partial charge in [-0.15, -0.1) is 11.3 Å². The lowest BCUT2D eigenvalue weighted by Crippen LogP contribution is -2.47. The standard InChI is InChI=1S/C20H21N3S/c1-3-7-17(8-4-1)19(18-9-5-2-6-10-18)22-12-14-23(15-13-22)20-21-11-16-24-20/h1-11,16,19H,12-15H2. The molecule has 1 saturated heterocycles. The minimum atomic E-state index is 0.325. The van der Waals surface area contributed by atoms with Gasteiger partial charge in [-0.3, -0.25) is 4.90 Å². The number of hydrogen-bond acceptors (Lipinski definition) is 4. The van der Waals surface area contributed by atoms with Crippen molar-refractivity contribution in [1.82, 2.24) is 9.88 Å². The summed E-state index contributed by atoms with van der Waals surface area (Å²) in [6.45, 7) is 4.16. The van der Waals surface area contributed by atoms with Crippen molar-refractivity contribution in [2.75, 3.05) is 31.1 Å². The zero-order chi connectivity index (χ0) is 16.2. The number of hydrogen-bond donors (Lipinski definition) is 0. The van der Waals surface area contributed by atoms with Gasteiger partial charge in [0.1, 0.15) is 0 Å². The normalized spacial score (nSPS) is 15.8. The van der Waals surface area contributed by atoms with Crippen molar-refractivity contribution in [3.8, 4) is 0 Å². The second kappa shape index (κ2) is 7.16. The highest BCUT2D eigenvalue weighted by Crippen LogP contribution is 2.30. The predicted octanol–water partition coefficient (Wildman–Crippen LogP) is 4.05. The van der Waals surface area contributed by atoms with E-state index >= 15 is 0 Å². The molecule has 0 amide bonds. The van der Waals surface area contributed by atoms with Crippen LogP contribution in [0.15, 0.2) is 72.2 Å². The molecule has 1 aliphatic rings. The highest BCUT2D eigenvalue weighted by atomic mass is 32.1. The van der Waals surface area contributed by atoms with Crippen LogP contribution in [0, 0.1) is 0 Å². The summed E-state index contributed by atoms with van der Waals surface area (Å²) in [6.07, 6.45) is 1.89. The number of thiazole rings is 1. The molecule has 0 bridgehead atoms. The molecular weight excluding hydrogens is 314 g/mol. The fourth-order valence-corrected chi connectivity index (χ4v) is 4.13. The third kappa shape index (κ3) is 3.21. The fourth-order valence-electron chi connectivity index (χ4n) is 3.43. The third-order valence-corrected chi connectivity index (χ3v) is 5.43. The van der Waals surface area contributed by atoms with Crippen molar-refractivity contribution in [3.05, 3.63) is 83.4 Å². The van der Waals surface area contributed by atoms with Crippen LogP contribution in [-0.4, -0.2) is 36.1 Å². The van der Waals surface area contributed by atoms with Gasteiger partial charge in [0, 0.05) is 37.8 Å². The summed E-state index contributed by atoms with van der Waals surface area (Å²) in [5, 5.41) is 3.20. The maximum absolute atomic E-state index is 4.45. The zero-order valence-electron chi connectivity index (χ0n) is 13.6. The van der Waals surface area contributed by atoms with Gasteiger partial charge in [0.25, 0.3) is 0 Å². The van der Waals surface area contributed by atoms with E-state index in [0.29, 0.717) is 6.04 Å². The molecule has 4 heteroatoms. The van der Waals surface area contributed by atoms with Crippen LogP contribution in [0.1, 0.15) is 17.2 Å². The molecule has 1 aliphatic heterocycles. The van der Waals surface area contributed by atoms with E-state index in [1.807, 2.05) is 6.20 Å². The Hall–Kier alpha value is -2.17. The second-order valence-electron chi connectivity index (χ2n) is 6.06. The summed E-state index contributed by atoms with van der Waals surface area (Å²) in [7, 11) is 0. The Morgan fingerprint density at radius 1 is 0.792 bits per heavy atom. The zero-order valence-corrected chi connectivity index (χ0v) is 14.4. The molecule has 0 atom stereocenters. The first-order chi connectivity index (χ1) is 11.9. The molecule has 1 fully saturated rings. The molecule has 4 rings (SSSR count). The monoisotopic (exact) mass is 335 g/mol. The van der Waals surface area contributed by atoms with Gasteiger partial charge < -0.3 is 4.90 Å².